The van der Waals surface area contributed by atoms with Crippen molar-refractivity contribution in [1.82, 2.24) is 10.6 Å². The van der Waals surface area contributed by atoms with E-state index in [1.165, 1.54) is 38.5 Å². The summed E-state index contributed by atoms with van der Waals surface area (Å²) >= 11 is 0. The summed E-state index contributed by atoms with van der Waals surface area (Å²) in [5.41, 5.74) is 0. The maximum Gasteiger partial charge on any atom is 0.223 e. The van der Waals surface area contributed by atoms with Crippen LogP contribution in [0.2, 0.25) is 0 Å². The zero-order valence-electron chi connectivity index (χ0n) is 11.7. The Morgan fingerprint density at radius 2 is 1.78 bits per heavy atom. The fourth-order valence-electron chi connectivity index (χ4n) is 3.41. The van der Waals surface area contributed by atoms with Gasteiger partial charge in [0.15, 0.2) is 0 Å². The summed E-state index contributed by atoms with van der Waals surface area (Å²) < 4.78 is 0. The molecule has 2 rings (SSSR count). The van der Waals surface area contributed by atoms with Crippen molar-refractivity contribution in [3.05, 3.63) is 0 Å². The summed E-state index contributed by atoms with van der Waals surface area (Å²) in [5, 5.41) is 6.60. The smallest absolute Gasteiger partial charge is 0.223 e. The first-order chi connectivity index (χ1) is 8.79. The van der Waals surface area contributed by atoms with E-state index < -0.39 is 0 Å². The van der Waals surface area contributed by atoms with Crippen molar-refractivity contribution >= 4 is 5.91 Å². The van der Waals surface area contributed by atoms with E-state index in [1.54, 1.807) is 0 Å². The molecule has 1 saturated carbocycles. The molecule has 1 heterocycles. The van der Waals surface area contributed by atoms with Crippen LogP contribution in [-0.2, 0) is 4.79 Å². The molecule has 0 radical (unpaired) electrons. The van der Waals surface area contributed by atoms with Crippen LogP contribution >= 0.6 is 0 Å². The Labute approximate surface area is 111 Å². The minimum Gasteiger partial charge on any atom is -0.353 e. The molecule has 3 nitrogen and oxygen atoms in total. The largest absolute Gasteiger partial charge is 0.353 e. The number of carbonyl (C=O) groups excluding carboxylic acids is 1. The van der Waals surface area contributed by atoms with Crippen molar-refractivity contribution in [2.45, 2.75) is 64.3 Å². The molecule has 0 spiro atoms. The highest BCUT2D eigenvalue weighted by Crippen LogP contribution is 2.28. The van der Waals surface area contributed by atoms with Gasteiger partial charge in [0.25, 0.3) is 0 Å². The van der Waals surface area contributed by atoms with E-state index in [1.807, 2.05) is 0 Å². The van der Waals surface area contributed by atoms with Gasteiger partial charge in [-0.2, -0.15) is 0 Å². The van der Waals surface area contributed by atoms with Gasteiger partial charge < -0.3 is 10.6 Å². The number of piperidine rings is 1. The third-order valence-corrected chi connectivity index (χ3v) is 4.60. The van der Waals surface area contributed by atoms with Crippen LogP contribution in [0.1, 0.15) is 58.3 Å². The minimum atomic E-state index is 0.264. The second-order valence-corrected chi connectivity index (χ2v) is 6.04. The number of nitrogens with one attached hydrogen (secondary N) is 2. The standard InChI is InChI=1S/C15H28N2O/c1-2-3-12-4-6-14(7-5-12)17-15(18)13-8-10-16-11-9-13/h12-14,16H,2-11H2,1H3,(H,17,18). The summed E-state index contributed by atoms with van der Waals surface area (Å²) in [4.78, 5) is 12.1. The van der Waals surface area contributed by atoms with E-state index in [4.69, 9.17) is 0 Å². The van der Waals surface area contributed by atoms with E-state index >= 15 is 0 Å². The molecule has 1 amide bonds. The van der Waals surface area contributed by atoms with Crippen molar-refractivity contribution in [2.75, 3.05) is 13.1 Å². The molecule has 0 atom stereocenters. The predicted octanol–water partition coefficient (Wildman–Crippen LogP) is 2.46. The Morgan fingerprint density at radius 1 is 1.11 bits per heavy atom. The molecule has 2 aliphatic rings. The Kier molecular flexibility index (Phi) is 5.48. The lowest BCUT2D eigenvalue weighted by Crippen LogP contribution is -2.43. The van der Waals surface area contributed by atoms with Gasteiger partial charge >= 0.3 is 0 Å². The van der Waals surface area contributed by atoms with Gasteiger partial charge in [-0.3, -0.25) is 4.79 Å². The molecule has 0 bridgehead atoms. The molecule has 2 N–H and O–H groups in total. The second kappa shape index (κ2) is 7.13. The molecule has 0 unspecified atom stereocenters. The second-order valence-electron chi connectivity index (χ2n) is 6.04. The van der Waals surface area contributed by atoms with Crippen LogP contribution in [0.25, 0.3) is 0 Å². The number of amides is 1. The lowest BCUT2D eigenvalue weighted by molar-refractivity contribution is -0.126. The van der Waals surface area contributed by atoms with Crippen LogP contribution in [0.3, 0.4) is 0 Å². The Bertz CT molecular complexity index is 253. The molecular weight excluding hydrogens is 224 g/mol. The number of carbonyl (C=O) groups is 1. The summed E-state index contributed by atoms with van der Waals surface area (Å²) in [5.74, 6) is 1.50. The van der Waals surface area contributed by atoms with Gasteiger partial charge in [-0.05, 0) is 57.5 Å². The minimum absolute atomic E-state index is 0.264. The molecule has 1 saturated heterocycles. The predicted molar refractivity (Wildman–Crippen MR) is 74.4 cm³/mol. The van der Waals surface area contributed by atoms with Crippen molar-refractivity contribution in [2.24, 2.45) is 11.8 Å². The molecule has 0 aromatic heterocycles. The first kappa shape index (κ1) is 13.9. The first-order valence-electron chi connectivity index (χ1n) is 7.80. The lowest BCUT2D eigenvalue weighted by Gasteiger charge is -2.31. The summed E-state index contributed by atoms with van der Waals surface area (Å²) in [7, 11) is 0. The average molecular weight is 252 g/mol. The van der Waals surface area contributed by atoms with Crippen LogP contribution < -0.4 is 10.6 Å². The van der Waals surface area contributed by atoms with Crippen LogP contribution in [0.15, 0.2) is 0 Å². The monoisotopic (exact) mass is 252 g/mol. The molecule has 1 aliphatic heterocycles. The highest BCUT2D eigenvalue weighted by atomic mass is 16.1. The number of rotatable bonds is 4. The number of hydrogen-bond acceptors (Lipinski definition) is 2. The lowest BCUT2D eigenvalue weighted by atomic mass is 9.83. The van der Waals surface area contributed by atoms with Crippen molar-refractivity contribution in [1.29, 1.82) is 0 Å². The molecule has 104 valence electrons. The SMILES string of the molecule is CCCC1CCC(NC(=O)C2CCNCC2)CC1. The highest BCUT2D eigenvalue weighted by molar-refractivity contribution is 5.79. The zero-order chi connectivity index (χ0) is 12.8. The maximum atomic E-state index is 12.1. The quantitative estimate of drug-likeness (QED) is 0.807. The van der Waals surface area contributed by atoms with Gasteiger partial charge in [-0.15, -0.1) is 0 Å². The first-order valence-corrected chi connectivity index (χ1v) is 7.80. The zero-order valence-corrected chi connectivity index (χ0v) is 11.7. The topological polar surface area (TPSA) is 41.1 Å². The summed E-state index contributed by atoms with van der Waals surface area (Å²) in [6.45, 7) is 4.27. The van der Waals surface area contributed by atoms with E-state index in [9.17, 15) is 4.79 Å². The molecule has 0 aromatic carbocycles. The molecule has 2 fully saturated rings. The van der Waals surface area contributed by atoms with Crippen molar-refractivity contribution in [3.8, 4) is 0 Å². The Balaban J connectivity index is 1.68. The summed E-state index contributed by atoms with van der Waals surface area (Å²) in [6.07, 6.45) is 9.71. The van der Waals surface area contributed by atoms with Crippen LogP contribution in [-0.4, -0.2) is 25.0 Å². The fraction of sp³-hybridized carbons (Fsp3) is 0.933. The van der Waals surface area contributed by atoms with Crippen LogP contribution in [0, 0.1) is 11.8 Å². The Hall–Kier alpha value is -0.570. The summed E-state index contributed by atoms with van der Waals surface area (Å²) in [6, 6.07) is 0.459. The van der Waals surface area contributed by atoms with Gasteiger partial charge in [-0.25, -0.2) is 0 Å². The third kappa shape index (κ3) is 3.98. The molecule has 3 heteroatoms. The molecule has 0 aromatic rings. The number of hydrogen-bond donors (Lipinski definition) is 2. The fourth-order valence-corrected chi connectivity index (χ4v) is 3.41. The van der Waals surface area contributed by atoms with Crippen molar-refractivity contribution in [3.63, 3.8) is 0 Å². The van der Waals surface area contributed by atoms with Gasteiger partial charge in [0.1, 0.15) is 0 Å². The van der Waals surface area contributed by atoms with Crippen LogP contribution in [0.4, 0.5) is 0 Å². The Morgan fingerprint density at radius 3 is 2.39 bits per heavy atom. The van der Waals surface area contributed by atoms with E-state index in [0.717, 1.165) is 31.8 Å². The highest BCUT2D eigenvalue weighted by Gasteiger charge is 2.26. The van der Waals surface area contributed by atoms with Crippen LogP contribution in [0.5, 0.6) is 0 Å². The van der Waals surface area contributed by atoms with Gasteiger partial charge in [0, 0.05) is 12.0 Å². The normalized spacial score (nSPS) is 30.1. The average Bonchev–Trinajstić information content (AvgIpc) is 2.42. The van der Waals surface area contributed by atoms with Gasteiger partial charge in [0.2, 0.25) is 5.91 Å². The van der Waals surface area contributed by atoms with E-state index in [-0.39, 0.29) is 5.92 Å². The maximum absolute atomic E-state index is 12.1. The molecular formula is C15H28N2O. The van der Waals surface area contributed by atoms with E-state index in [0.29, 0.717) is 11.9 Å². The molecule has 1 aliphatic carbocycles. The van der Waals surface area contributed by atoms with E-state index in [2.05, 4.69) is 17.6 Å². The third-order valence-electron chi connectivity index (χ3n) is 4.60. The molecule has 18 heavy (non-hydrogen) atoms. The van der Waals surface area contributed by atoms with Gasteiger partial charge in [0.05, 0.1) is 0 Å². The van der Waals surface area contributed by atoms with Crippen molar-refractivity contribution < 1.29 is 4.79 Å². The van der Waals surface area contributed by atoms with Gasteiger partial charge in [-0.1, -0.05) is 19.8 Å².